The van der Waals surface area contributed by atoms with Crippen molar-refractivity contribution in [3.8, 4) is 0 Å². The maximum atomic E-state index is 13.6. The molecule has 0 aromatic heterocycles. The summed E-state index contributed by atoms with van der Waals surface area (Å²) in [4.78, 5) is 63.0. The Morgan fingerprint density at radius 1 is 0.519 bits per heavy atom. The van der Waals surface area contributed by atoms with Crippen molar-refractivity contribution < 1.29 is 118 Å². The van der Waals surface area contributed by atoms with Crippen LogP contribution in [0.25, 0.3) is 0 Å². The van der Waals surface area contributed by atoms with E-state index in [1.54, 1.807) is 7.05 Å². The van der Waals surface area contributed by atoms with E-state index in [2.05, 4.69) is 26.6 Å². The predicted molar refractivity (Wildman–Crippen MR) is 261 cm³/mol. The van der Waals surface area contributed by atoms with Crippen LogP contribution in [0, 0.1) is 0 Å². The summed E-state index contributed by atoms with van der Waals surface area (Å²) >= 11 is 0. The number of carbonyl (C=O) groups is 5. The van der Waals surface area contributed by atoms with E-state index in [-0.39, 0.29) is 76.3 Å². The second-order valence-electron chi connectivity index (χ2n) is 19.4. The summed E-state index contributed by atoms with van der Waals surface area (Å²) in [5.74, 6) is -1.49. The summed E-state index contributed by atoms with van der Waals surface area (Å²) in [6.45, 7) is -1.68. The van der Waals surface area contributed by atoms with Crippen LogP contribution in [0.15, 0.2) is 0 Å². The van der Waals surface area contributed by atoms with Crippen LogP contribution in [-0.4, -0.2) is 263 Å². The minimum atomic E-state index is -1.96. The molecular weight excluding hydrogens is 1030 g/mol. The maximum Gasteiger partial charge on any atom is 0.242 e. The first-order chi connectivity index (χ1) is 36.9. The molecule has 4 fully saturated rings. The van der Waals surface area contributed by atoms with Crippen molar-refractivity contribution >= 4 is 29.5 Å². The van der Waals surface area contributed by atoms with Gasteiger partial charge in [0.2, 0.25) is 29.5 Å². The lowest BCUT2D eigenvalue weighted by molar-refractivity contribution is -0.366. The zero-order valence-corrected chi connectivity index (χ0v) is 43.6. The van der Waals surface area contributed by atoms with E-state index < -0.39 is 142 Å². The Hall–Kier alpha value is -3.41. The third kappa shape index (κ3) is 21.9. The van der Waals surface area contributed by atoms with Gasteiger partial charge in [0.1, 0.15) is 85.4 Å². The number of ether oxygens (including phenoxy) is 8. The number of aliphatic hydroxyl groups excluding tert-OH is 11. The van der Waals surface area contributed by atoms with Crippen molar-refractivity contribution in [1.82, 2.24) is 26.6 Å². The molecule has 29 nitrogen and oxygen atoms in total. The third-order valence-corrected chi connectivity index (χ3v) is 13.5. The number of unbranched alkanes of at least 4 members (excludes halogenated alkanes) is 5. The summed E-state index contributed by atoms with van der Waals surface area (Å²) in [6.07, 6.45) is -20.8. The SMILES string of the molecule is CNC(=O)CCCCCCC(=O)NC(CCCCNC(=O)CCCCC(=O)NCCOC1OCCCC1O)C(=O)NCCO[C@H]1OC(CO[C@H]2OC(CO)[C@@H](O)C(O)C2O)[C@@H](O)C(O[C@H]2OC(CO)[C@@H](O)C(O)C2O)C1O. The van der Waals surface area contributed by atoms with Gasteiger partial charge in [-0.1, -0.05) is 12.8 Å². The van der Waals surface area contributed by atoms with Crippen LogP contribution in [0.2, 0.25) is 0 Å². The Kier molecular flexibility index (Phi) is 30.3. The lowest BCUT2D eigenvalue weighted by atomic mass is 9.96. The quantitative estimate of drug-likeness (QED) is 0.0267. The second-order valence-corrected chi connectivity index (χ2v) is 19.4. The highest BCUT2D eigenvalue weighted by atomic mass is 16.8. The lowest BCUT2D eigenvalue weighted by Gasteiger charge is -2.46. The van der Waals surface area contributed by atoms with Crippen LogP contribution in [0.1, 0.15) is 96.3 Å². The lowest BCUT2D eigenvalue weighted by Crippen LogP contribution is -2.65. The fourth-order valence-electron chi connectivity index (χ4n) is 8.84. The molecule has 0 aliphatic carbocycles. The van der Waals surface area contributed by atoms with E-state index in [0.717, 1.165) is 12.8 Å². The Morgan fingerprint density at radius 3 is 1.65 bits per heavy atom. The van der Waals surface area contributed by atoms with Crippen molar-refractivity contribution in [3.63, 3.8) is 0 Å². The number of rotatable bonds is 34. The number of nitrogens with one attached hydrogen (secondary N) is 5. The van der Waals surface area contributed by atoms with E-state index in [1.807, 2.05) is 0 Å². The van der Waals surface area contributed by atoms with Gasteiger partial charge in [0, 0.05) is 59.0 Å². The molecule has 4 aliphatic rings. The van der Waals surface area contributed by atoms with Crippen molar-refractivity contribution in [1.29, 1.82) is 0 Å². The van der Waals surface area contributed by atoms with E-state index in [9.17, 15) is 80.1 Å². The van der Waals surface area contributed by atoms with E-state index >= 15 is 0 Å². The van der Waals surface area contributed by atoms with Gasteiger partial charge in [-0.15, -0.1) is 0 Å². The number of aliphatic hydroxyl groups is 11. The molecule has 5 amide bonds. The molecule has 12 unspecified atom stereocenters. The number of hydrogen-bond acceptors (Lipinski definition) is 24. The molecule has 4 saturated heterocycles. The molecule has 0 spiro atoms. The Labute approximate surface area is 446 Å². The minimum absolute atomic E-state index is 0.0826. The fourth-order valence-corrected chi connectivity index (χ4v) is 8.84. The molecule has 16 N–H and O–H groups in total. The molecular formula is C48H85N5O24. The molecule has 4 rings (SSSR count). The highest BCUT2D eigenvalue weighted by Gasteiger charge is 2.52. The maximum absolute atomic E-state index is 13.6. The van der Waals surface area contributed by atoms with Crippen LogP contribution in [0.3, 0.4) is 0 Å². The molecule has 0 bridgehead atoms. The highest BCUT2D eigenvalue weighted by Crippen LogP contribution is 2.31. The molecule has 0 radical (unpaired) electrons. The molecule has 77 heavy (non-hydrogen) atoms. The summed E-state index contributed by atoms with van der Waals surface area (Å²) < 4.78 is 44.5. The predicted octanol–water partition coefficient (Wildman–Crippen LogP) is -6.38. The molecule has 4 heterocycles. The van der Waals surface area contributed by atoms with E-state index in [1.165, 1.54) is 0 Å². The molecule has 29 heteroatoms. The zero-order valence-electron chi connectivity index (χ0n) is 43.6. The minimum Gasteiger partial charge on any atom is -0.394 e. The van der Waals surface area contributed by atoms with Gasteiger partial charge in [-0.05, 0) is 57.8 Å². The van der Waals surface area contributed by atoms with Gasteiger partial charge in [-0.25, -0.2) is 0 Å². The van der Waals surface area contributed by atoms with Crippen molar-refractivity contribution in [2.24, 2.45) is 0 Å². The molecule has 18 atom stereocenters. The second kappa shape index (κ2) is 35.3. The van der Waals surface area contributed by atoms with E-state index in [0.29, 0.717) is 64.4 Å². The number of hydrogen-bond donors (Lipinski definition) is 16. The van der Waals surface area contributed by atoms with Crippen molar-refractivity contribution in [2.45, 2.75) is 207 Å². The van der Waals surface area contributed by atoms with Gasteiger partial charge in [-0.3, -0.25) is 24.0 Å². The van der Waals surface area contributed by atoms with Gasteiger partial charge < -0.3 is 121 Å². The third-order valence-electron chi connectivity index (χ3n) is 13.5. The smallest absolute Gasteiger partial charge is 0.242 e. The van der Waals surface area contributed by atoms with Crippen LogP contribution < -0.4 is 26.6 Å². The molecule has 446 valence electrons. The number of amides is 5. The molecule has 4 aliphatic heterocycles. The van der Waals surface area contributed by atoms with Crippen LogP contribution in [0.5, 0.6) is 0 Å². The summed E-state index contributed by atoms with van der Waals surface area (Å²) in [7, 11) is 1.55. The molecule has 0 aromatic carbocycles. The summed E-state index contributed by atoms with van der Waals surface area (Å²) in [5.41, 5.74) is 0. The highest BCUT2D eigenvalue weighted by molar-refractivity contribution is 5.87. The van der Waals surface area contributed by atoms with Gasteiger partial charge in [-0.2, -0.15) is 0 Å². The van der Waals surface area contributed by atoms with Crippen LogP contribution in [-0.2, 0) is 61.9 Å². The summed E-state index contributed by atoms with van der Waals surface area (Å²) in [5, 5.41) is 128. The van der Waals surface area contributed by atoms with Gasteiger partial charge in [0.25, 0.3) is 0 Å². The van der Waals surface area contributed by atoms with Gasteiger partial charge in [0.15, 0.2) is 25.2 Å². The van der Waals surface area contributed by atoms with Crippen molar-refractivity contribution in [3.05, 3.63) is 0 Å². The Bertz CT molecular complexity index is 1740. The van der Waals surface area contributed by atoms with E-state index in [4.69, 9.17) is 37.9 Å². The topological polar surface area (TPSA) is 442 Å². The average molecular weight is 1120 g/mol. The standard InChI is InChI=1S/C48H85N5O24/c1-49-31(57)13-4-2-3-5-16-34(60)53-26(11-8-9-17-50-32(58)14-6-7-15-33(59)51-18-21-71-45-27(56)12-10-20-70-45)44(69)52-19-22-72-47-42(68)43(77-48-41(67)39(65)36(62)29(24-55)75-48)37(63)30(76-47)25-73-46-40(66)38(64)35(61)28(23-54)74-46/h26-30,35-43,45-48,54-56,61-68H,2-25H2,1H3,(H,49,57)(H,50,58)(H,51,59)(H,52,69)(H,53,60)/t26?,27?,28?,29?,30?,35-,36-,37-,38?,39?,40?,41?,42?,43?,45?,46+,47+,48-/m1/s1. The Balaban J connectivity index is 1.28. The normalized spacial score (nSPS) is 32.9. The molecule has 0 saturated carbocycles. The zero-order chi connectivity index (χ0) is 56.4. The molecule has 0 aromatic rings. The van der Waals surface area contributed by atoms with Gasteiger partial charge >= 0.3 is 0 Å². The van der Waals surface area contributed by atoms with Crippen molar-refractivity contribution in [2.75, 3.05) is 66.3 Å². The average Bonchev–Trinajstić information content (AvgIpc) is 3.42. The summed E-state index contributed by atoms with van der Waals surface area (Å²) in [6, 6.07) is -1.02. The monoisotopic (exact) mass is 1120 g/mol. The number of carbonyl (C=O) groups excluding carboxylic acids is 5. The Morgan fingerprint density at radius 2 is 1.04 bits per heavy atom. The van der Waals surface area contributed by atoms with Gasteiger partial charge in [0.05, 0.1) is 33.0 Å². The van der Waals surface area contributed by atoms with Crippen LogP contribution >= 0.6 is 0 Å². The van der Waals surface area contributed by atoms with Crippen LogP contribution in [0.4, 0.5) is 0 Å². The first-order valence-electron chi connectivity index (χ1n) is 26.6. The largest absolute Gasteiger partial charge is 0.394 e. The first kappa shape index (κ1) is 66.1. The first-order valence-corrected chi connectivity index (χ1v) is 26.6. The fraction of sp³-hybridized carbons (Fsp3) is 0.896.